The third kappa shape index (κ3) is 7.02. The van der Waals surface area contributed by atoms with Gasteiger partial charge in [-0.1, -0.05) is 18.2 Å². The number of nitrogens with zero attached hydrogens (tertiary/aromatic N) is 3. The van der Waals surface area contributed by atoms with Gasteiger partial charge in [0.1, 0.15) is 0 Å². The van der Waals surface area contributed by atoms with Crippen LogP contribution in [0.15, 0.2) is 48.5 Å². The predicted octanol–water partition coefficient (Wildman–Crippen LogP) is 3.94. The second kappa shape index (κ2) is 11.8. The van der Waals surface area contributed by atoms with Gasteiger partial charge in [0.15, 0.2) is 0 Å². The molecule has 1 atom stereocenters. The van der Waals surface area contributed by atoms with E-state index in [-0.39, 0.29) is 23.8 Å². The zero-order valence-corrected chi connectivity index (χ0v) is 20.8. The molecule has 3 rings (SSSR count). The molecule has 0 bridgehead atoms. The number of esters is 1. The maximum Gasteiger partial charge on any atom is 0.308 e. The van der Waals surface area contributed by atoms with Gasteiger partial charge in [0.25, 0.3) is 11.6 Å². The van der Waals surface area contributed by atoms with Crippen molar-refractivity contribution in [3.8, 4) is 0 Å². The molecule has 0 saturated carbocycles. The number of piperazine rings is 1. The Kier molecular flexibility index (Phi) is 8.81. The Labute approximate surface area is 206 Å². The minimum atomic E-state index is -0.904. The molecule has 9 nitrogen and oxygen atoms in total. The maximum absolute atomic E-state index is 13.1. The summed E-state index contributed by atoms with van der Waals surface area (Å²) in [6, 6.07) is 13.0. The third-order valence-corrected chi connectivity index (χ3v) is 6.09. The first-order valence-electron chi connectivity index (χ1n) is 12.0. The molecule has 1 heterocycles. The molecule has 35 heavy (non-hydrogen) atoms. The number of nitrogens with one attached hydrogen (secondary N) is 1. The van der Waals surface area contributed by atoms with Crippen molar-refractivity contribution in [3.05, 3.63) is 69.8 Å². The monoisotopic (exact) mass is 482 g/mol. The second-order valence-electron chi connectivity index (χ2n) is 9.25. The van der Waals surface area contributed by atoms with Crippen LogP contribution in [0.3, 0.4) is 0 Å². The molecular weight excluding hydrogens is 448 g/mol. The lowest BCUT2D eigenvalue weighted by molar-refractivity contribution is -0.385. The van der Waals surface area contributed by atoms with E-state index >= 15 is 0 Å². The number of ether oxygens (including phenoxy) is 1. The lowest BCUT2D eigenvalue weighted by Gasteiger charge is -2.38. The van der Waals surface area contributed by atoms with Crippen LogP contribution in [-0.4, -0.2) is 60.0 Å². The highest BCUT2D eigenvalue weighted by Gasteiger charge is 2.27. The first-order chi connectivity index (χ1) is 16.7. The summed E-state index contributed by atoms with van der Waals surface area (Å²) in [6.45, 7) is 11.7. The Morgan fingerprint density at radius 1 is 1.00 bits per heavy atom. The molecular formula is C26H34N4O5. The second-order valence-corrected chi connectivity index (χ2v) is 9.25. The van der Waals surface area contributed by atoms with Crippen LogP contribution in [0.4, 0.5) is 11.4 Å². The molecule has 0 radical (unpaired) electrons. The van der Waals surface area contributed by atoms with Crippen LogP contribution < -0.4 is 10.2 Å². The van der Waals surface area contributed by atoms with Crippen LogP contribution in [0, 0.1) is 10.1 Å². The van der Waals surface area contributed by atoms with E-state index in [1.54, 1.807) is 44.2 Å². The van der Waals surface area contributed by atoms with Gasteiger partial charge in [-0.05, 0) is 52.0 Å². The lowest BCUT2D eigenvalue weighted by atomic mass is 10.0. The minimum Gasteiger partial charge on any atom is -0.463 e. The molecule has 9 heteroatoms. The fraction of sp³-hybridized carbons (Fsp3) is 0.462. The summed E-state index contributed by atoms with van der Waals surface area (Å²) in [6.07, 6.45) is -0.549. The van der Waals surface area contributed by atoms with E-state index in [4.69, 9.17) is 4.74 Å². The maximum atomic E-state index is 13.1. The first kappa shape index (κ1) is 26.2. The largest absolute Gasteiger partial charge is 0.463 e. The number of carbonyl (C=O) groups excluding carboxylic acids is 2. The molecule has 188 valence electrons. The van der Waals surface area contributed by atoms with Gasteiger partial charge in [-0.15, -0.1) is 0 Å². The number of para-hydroxylation sites is 1. The number of anilines is 1. The average Bonchev–Trinajstić information content (AvgIpc) is 2.83. The van der Waals surface area contributed by atoms with Crippen molar-refractivity contribution < 1.29 is 19.2 Å². The number of carbonyl (C=O) groups is 2. The number of nitro benzene ring substituents is 1. The topological polar surface area (TPSA) is 105 Å². The van der Waals surface area contributed by atoms with Crippen LogP contribution in [0.5, 0.6) is 0 Å². The Bertz CT molecular complexity index is 1030. The highest BCUT2D eigenvalue weighted by molar-refractivity contribution is 5.95. The molecule has 2 aromatic carbocycles. The Morgan fingerprint density at radius 2 is 1.63 bits per heavy atom. The third-order valence-electron chi connectivity index (χ3n) is 6.09. The smallest absolute Gasteiger partial charge is 0.308 e. The standard InChI is InChI=1S/C26H34N4O5/c1-18(2)28-13-15-29(16-14-28)21-11-9-20(10-12-21)26(32)27-23(17-25(31)35-19(3)4)22-7-5-6-8-24(22)30(33)34/h5-12,18-19,23H,13-17H2,1-4H3,(H,27,32). The fourth-order valence-corrected chi connectivity index (χ4v) is 4.23. The summed E-state index contributed by atoms with van der Waals surface area (Å²) < 4.78 is 5.23. The van der Waals surface area contributed by atoms with E-state index in [1.165, 1.54) is 6.07 Å². The highest BCUT2D eigenvalue weighted by atomic mass is 16.6. The molecule has 1 fully saturated rings. The van der Waals surface area contributed by atoms with Gasteiger partial charge in [0.2, 0.25) is 0 Å². The lowest BCUT2D eigenvalue weighted by Crippen LogP contribution is -2.48. The van der Waals surface area contributed by atoms with Crippen LogP contribution >= 0.6 is 0 Å². The molecule has 1 N–H and O–H groups in total. The number of benzene rings is 2. The summed E-state index contributed by atoms with van der Waals surface area (Å²) >= 11 is 0. The fourth-order valence-electron chi connectivity index (χ4n) is 4.23. The summed E-state index contributed by atoms with van der Waals surface area (Å²) in [5.74, 6) is -0.957. The quantitative estimate of drug-likeness (QED) is 0.328. The van der Waals surface area contributed by atoms with Crippen LogP contribution in [0.25, 0.3) is 0 Å². The van der Waals surface area contributed by atoms with E-state index in [1.807, 2.05) is 12.1 Å². The predicted molar refractivity (Wildman–Crippen MR) is 135 cm³/mol. The molecule has 2 aromatic rings. The van der Waals surface area contributed by atoms with Crippen LogP contribution in [-0.2, 0) is 9.53 Å². The van der Waals surface area contributed by atoms with E-state index in [0.717, 1.165) is 31.9 Å². The summed E-state index contributed by atoms with van der Waals surface area (Å²) in [4.78, 5) is 41.2. The minimum absolute atomic E-state index is 0.161. The van der Waals surface area contributed by atoms with E-state index in [0.29, 0.717) is 11.6 Å². The first-order valence-corrected chi connectivity index (χ1v) is 12.0. The Balaban J connectivity index is 1.75. The number of amides is 1. The Morgan fingerprint density at radius 3 is 2.20 bits per heavy atom. The number of rotatable bonds is 9. The summed E-state index contributed by atoms with van der Waals surface area (Å²) in [5.41, 5.74) is 1.55. The zero-order chi connectivity index (χ0) is 25.5. The van der Waals surface area contributed by atoms with Gasteiger partial charge < -0.3 is 15.0 Å². The SMILES string of the molecule is CC(C)OC(=O)CC(NC(=O)c1ccc(N2CCN(C(C)C)CC2)cc1)c1ccccc1[N+](=O)[O-]. The van der Waals surface area contributed by atoms with Crippen LogP contribution in [0.2, 0.25) is 0 Å². The van der Waals surface area contributed by atoms with Crippen molar-refractivity contribution in [1.82, 2.24) is 10.2 Å². The molecule has 1 aliphatic rings. The van der Waals surface area contributed by atoms with Crippen molar-refractivity contribution in [2.75, 3.05) is 31.1 Å². The molecule has 0 aromatic heterocycles. The normalized spacial score (nSPS) is 15.2. The van der Waals surface area contributed by atoms with Gasteiger partial charge in [0, 0.05) is 49.5 Å². The number of hydrogen-bond acceptors (Lipinski definition) is 7. The van der Waals surface area contributed by atoms with E-state index < -0.39 is 22.8 Å². The van der Waals surface area contributed by atoms with Crippen molar-refractivity contribution >= 4 is 23.3 Å². The molecule has 1 unspecified atom stereocenters. The van der Waals surface area contributed by atoms with Gasteiger partial charge in [-0.25, -0.2) is 0 Å². The number of nitro groups is 1. The molecule has 0 spiro atoms. The van der Waals surface area contributed by atoms with Crippen molar-refractivity contribution in [2.45, 2.75) is 52.3 Å². The highest BCUT2D eigenvalue weighted by Crippen LogP contribution is 2.28. The van der Waals surface area contributed by atoms with E-state index in [9.17, 15) is 19.7 Å². The molecule has 1 saturated heterocycles. The van der Waals surface area contributed by atoms with Crippen LogP contribution in [0.1, 0.15) is 56.1 Å². The van der Waals surface area contributed by atoms with Crippen molar-refractivity contribution in [2.24, 2.45) is 0 Å². The number of hydrogen-bond donors (Lipinski definition) is 1. The molecule has 1 aliphatic heterocycles. The molecule has 1 amide bonds. The van der Waals surface area contributed by atoms with Crippen molar-refractivity contribution in [1.29, 1.82) is 0 Å². The molecule has 0 aliphatic carbocycles. The Hall–Kier alpha value is -3.46. The summed E-state index contributed by atoms with van der Waals surface area (Å²) in [7, 11) is 0. The summed E-state index contributed by atoms with van der Waals surface area (Å²) in [5, 5.41) is 14.4. The van der Waals surface area contributed by atoms with Gasteiger partial charge in [-0.3, -0.25) is 24.6 Å². The van der Waals surface area contributed by atoms with Gasteiger partial charge in [-0.2, -0.15) is 0 Å². The van der Waals surface area contributed by atoms with Gasteiger partial charge in [0.05, 0.1) is 29.1 Å². The zero-order valence-electron chi connectivity index (χ0n) is 20.8. The van der Waals surface area contributed by atoms with Crippen molar-refractivity contribution in [3.63, 3.8) is 0 Å². The van der Waals surface area contributed by atoms with Gasteiger partial charge >= 0.3 is 5.97 Å². The average molecular weight is 483 g/mol. The van der Waals surface area contributed by atoms with E-state index in [2.05, 4.69) is 29.0 Å².